The highest BCUT2D eigenvalue weighted by atomic mass is 32.1. The molecule has 0 saturated carbocycles. The lowest BCUT2D eigenvalue weighted by Gasteiger charge is -2.01. The fourth-order valence-electron chi connectivity index (χ4n) is 1.99. The Kier molecular flexibility index (Phi) is 3.53. The van der Waals surface area contributed by atoms with E-state index in [9.17, 15) is 14.0 Å². The lowest BCUT2D eigenvalue weighted by atomic mass is 10.2. The topological polar surface area (TPSA) is 44.0 Å². The average Bonchev–Trinajstić information content (AvgIpc) is 2.78. The first-order valence-electron chi connectivity index (χ1n) is 6.28. The normalized spacial score (nSPS) is 10.7. The Hall–Kier alpha value is -2.47. The van der Waals surface area contributed by atoms with E-state index in [2.05, 4.69) is 0 Å². The van der Waals surface area contributed by atoms with Gasteiger partial charge in [0, 0.05) is 11.5 Å². The van der Waals surface area contributed by atoms with Crippen molar-refractivity contribution in [2.24, 2.45) is 0 Å². The van der Waals surface area contributed by atoms with Crippen molar-refractivity contribution >= 4 is 11.5 Å². The quantitative estimate of drug-likeness (QED) is 0.745. The summed E-state index contributed by atoms with van der Waals surface area (Å²) in [5.41, 5.74) is 0.969. The minimum absolute atomic E-state index is 0.133. The lowest BCUT2D eigenvalue weighted by Crippen LogP contribution is -2.28. The largest absolute Gasteiger partial charge is 0.346 e. The van der Waals surface area contributed by atoms with Gasteiger partial charge < -0.3 is 0 Å². The number of para-hydroxylation sites is 1. The first kappa shape index (κ1) is 13.5. The fraction of sp³-hybridized carbons (Fsp3) is 0.0667. The molecule has 0 spiro atoms. The summed E-state index contributed by atoms with van der Waals surface area (Å²) in [7, 11) is 0. The van der Waals surface area contributed by atoms with Crippen LogP contribution in [0.25, 0.3) is 5.69 Å². The van der Waals surface area contributed by atoms with Gasteiger partial charge in [0.1, 0.15) is 5.82 Å². The molecular weight excluding hydrogens is 291 g/mol. The number of aromatic nitrogens is 2. The van der Waals surface area contributed by atoms with Gasteiger partial charge in [-0.1, -0.05) is 30.3 Å². The minimum atomic E-state index is -0.388. The molecule has 4 nitrogen and oxygen atoms in total. The van der Waals surface area contributed by atoms with Gasteiger partial charge in [0.15, 0.2) is 0 Å². The van der Waals surface area contributed by atoms with E-state index in [1.807, 2.05) is 6.07 Å². The Morgan fingerprint density at radius 2 is 1.62 bits per heavy atom. The molecule has 0 fully saturated rings. The van der Waals surface area contributed by atoms with Crippen LogP contribution in [0, 0.1) is 5.82 Å². The molecule has 3 rings (SSSR count). The summed E-state index contributed by atoms with van der Waals surface area (Å²) in [5, 5.41) is 0. The van der Waals surface area contributed by atoms with Crippen LogP contribution in [-0.4, -0.2) is 8.52 Å². The highest BCUT2D eigenvalue weighted by molar-refractivity contribution is 7.03. The molecule has 0 saturated heterocycles. The Balaban J connectivity index is 2.01. The molecule has 0 aliphatic heterocycles. The number of hydrogen-bond acceptors (Lipinski definition) is 3. The van der Waals surface area contributed by atoms with Gasteiger partial charge >= 0.3 is 10.6 Å². The Bertz CT molecular complexity index is 863. The number of hydrogen-bond donors (Lipinski definition) is 0. The molecule has 0 atom stereocenters. The average molecular weight is 302 g/mol. The van der Waals surface area contributed by atoms with Crippen molar-refractivity contribution in [1.82, 2.24) is 8.52 Å². The summed E-state index contributed by atoms with van der Waals surface area (Å²) >= 11 is 0.854. The molecule has 0 unspecified atom stereocenters. The summed E-state index contributed by atoms with van der Waals surface area (Å²) in [5.74, 6) is -0.349. The first-order valence-corrected chi connectivity index (χ1v) is 7.05. The molecule has 1 aromatic heterocycles. The van der Waals surface area contributed by atoms with Gasteiger partial charge in [-0.25, -0.2) is 17.7 Å². The molecule has 21 heavy (non-hydrogen) atoms. The second kappa shape index (κ2) is 5.49. The Morgan fingerprint density at radius 3 is 2.29 bits per heavy atom. The van der Waals surface area contributed by atoms with Crippen LogP contribution < -0.4 is 10.6 Å². The van der Waals surface area contributed by atoms with E-state index in [4.69, 9.17) is 0 Å². The molecule has 0 radical (unpaired) electrons. The number of nitrogens with zero attached hydrogens (tertiary/aromatic N) is 2. The van der Waals surface area contributed by atoms with E-state index < -0.39 is 0 Å². The van der Waals surface area contributed by atoms with E-state index in [0.717, 1.165) is 16.1 Å². The maximum absolute atomic E-state index is 12.9. The predicted octanol–water partition coefficient (Wildman–Crippen LogP) is 2.25. The standard InChI is InChI=1S/C15H11FN2O2S/c16-12-8-6-11(7-9-12)10-17-14(19)18(21-15(17)20)13-4-2-1-3-5-13/h1-9H,10H2. The second-order valence-corrected chi connectivity index (χ2v) is 5.38. The fourth-order valence-corrected chi connectivity index (χ4v) is 2.79. The van der Waals surface area contributed by atoms with Crippen LogP contribution in [0.4, 0.5) is 4.39 Å². The van der Waals surface area contributed by atoms with Crippen molar-refractivity contribution in [2.75, 3.05) is 0 Å². The first-order chi connectivity index (χ1) is 10.1. The maximum Gasteiger partial charge on any atom is 0.346 e. The van der Waals surface area contributed by atoms with E-state index in [-0.39, 0.29) is 22.9 Å². The minimum Gasteiger partial charge on any atom is -0.255 e. The third-order valence-corrected chi connectivity index (χ3v) is 3.97. The predicted molar refractivity (Wildman–Crippen MR) is 79.7 cm³/mol. The van der Waals surface area contributed by atoms with Crippen LogP contribution in [0.1, 0.15) is 5.56 Å². The summed E-state index contributed by atoms with van der Waals surface area (Å²) in [4.78, 5) is 24.0. The highest BCUT2D eigenvalue weighted by Gasteiger charge is 2.11. The van der Waals surface area contributed by atoms with Crippen LogP contribution in [-0.2, 0) is 6.54 Å². The van der Waals surface area contributed by atoms with Gasteiger partial charge in [-0.2, -0.15) is 0 Å². The van der Waals surface area contributed by atoms with E-state index in [1.165, 1.54) is 16.1 Å². The highest BCUT2D eigenvalue weighted by Crippen LogP contribution is 2.07. The van der Waals surface area contributed by atoms with Crippen LogP contribution in [0.2, 0.25) is 0 Å². The maximum atomic E-state index is 12.9. The molecular formula is C15H11FN2O2S. The number of halogens is 1. The van der Waals surface area contributed by atoms with Gasteiger partial charge in [0.2, 0.25) is 0 Å². The molecule has 1 heterocycles. The van der Waals surface area contributed by atoms with Crippen LogP contribution in [0.3, 0.4) is 0 Å². The van der Waals surface area contributed by atoms with E-state index in [1.54, 1.807) is 36.4 Å². The SMILES string of the molecule is O=c1sn(-c2ccccc2)c(=O)n1Cc1ccc(F)cc1. The van der Waals surface area contributed by atoms with Crippen LogP contribution in [0.15, 0.2) is 64.2 Å². The monoisotopic (exact) mass is 302 g/mol. The van der Waals surface area contributed by atoms with Crippen molar-refractivity contribution in [3.8, 4) is 5.69 Å². The Morgan fingerprint density at radius 1 is 0.952 bits per heavy atom. The molecule has 0 bridgehead atoms. The van der Waals surface area contributed by atoms with Gasteiger partial charge in [-0.15, -0.1) is 0 Å². The molecule has 0 aliphatic rings. The zero-order valence-corrected chi connectivity index (χ0v) is 11.7. The molecule has 3 aromatic rings. The van der Waals surface area contributed by atoms with Crippen LogP contribution in [0.5, 0.6) is 0 Å². The summed E-state index contributed by atoms with van der Waals surface area (Å²) in [6.07, 6.45) is 0. The zero-order chi connectivity index (χ0) is 14.8. The molecule has 106 valence electrons. The molecule has 0 amide bonds. The lowest BCUT2D eigenvalue weighted by molar-refractivity contribution is 0.625. The van der Waals surface area contributed by atoms with Gasteiger partial charge in [0.05, 0.1) is 12.2 Å². The van der Waals surface area contributed by atoms with E-state index >= 15 is 0 Å². The Labute approximate surface area is 123 Å². The third-order valence-electron chi connectivity index (χ3n) is 3.04. The summed E-state index contributed by atoms with van der Waals surface area (Å²) < 4.78 is 15.4. The summed E-state index contributed by atoms with van der Waals surface area (Å²) in [6.45, 7) is 0.133. The number of benzene rings is 2. The van der Waals surface area contributed by atoms with Gasteiger partial charge in [-0.05, 0) is 29.8 Å². The number of rotatable bonds is 3. The van der Waals surface area contributed by atoms with Gasteiger partial charge in [0.25, 0.3) is 0 Å². The third kappa shape index (κ3) is 2.71. The van der Waals surface area contributed by atoms with Crippen molar-refractivity contribution in [2.45, 2.75) is 6.54 Å². The summed E-state index contributed by atoms with van der Waals surface area (Å²) in [6, 6.07) is 14.7. The van der Waals surface area contributed by atoms with E-state index in [0.29, 0.717) is 11.3 Å². The molecule has 0 aliphatic carbocycles. The second-order valence-electron chi connectivity index (χ2n) is 4.48. The van der Waals surface area contributed by atoms with Crippen molar-refractivity contribution < 1.29 is 4.39 Å². The smallest absolute Gasteiger partial charge is 0.255 e. The molecule has 2 aromatic carbocycles. The van der Waals surface area contributed by atoms with Crippen LogP contribution >= 0.6 is 11.5 Å². The zero-order valence-electron chi connectivity index (χ0n) is 10.9. The van der Waals surface area contributed by atoms with Crippen molar-refractivity contribution in [3.05, 3.63) is 86.1 Å². The van der Waals surface area contributed by atoms with Gasteiger partial charge in [-0.3, -0.25) is 4.79 Å². The molecule has 0 N–H and O–H groups in total. The van der Waals surface area contributed by atoms with Crippen molar-refractivity contribution in [1.29, 1.82) is 0 Å². The molecule has 6 heteroatoms. The van der Waals surface area contributed by atoms with Crippen molar-refractivity contribution in [3.63, 3.8) is 0 Å².